The van der Waals surface area contributed by atoms with Gasteiger partial charge >= 0.3 is 0 Å². The Hall–Kier alpha value is -3.60. The first kappa shape index (κ1) is 18.7. The molecule has 146 valence electrons. The second-order valence-corrected chi connectivity index (χ2v) is 7.22. The van der Waals surface area contributed by atoms with Crippen LogP contribution in [-0.2, 0) is 9.59 Å². The maximum Gasteiger partial charge on any atom is 0.240 e. The van der Waals surface area contributed by atoms with Crippen molar-refractivity contribution < 1.29 is 14.3 Å². The van der Waals surface area contributed by atoms with Gasteiger partial charge in [0.25, 0.3) is 0 Å². The highest BCUT2D eigenvalue weighted by molar-refractivity contribution is 6.17. The molecule has 0 radical (unpaired) electrons. The number of anilines is 2. The van der Waals surface area contributed by atoms with E-state index in [-0.39, 0.29) is 11.8 Å². The highest BCUT2D eigenvalue weighted by atomic mass is 16.5. The average Bonchev–Trinajstić information content (AvgIpc) is 3.54. The van der Waals surface area contributed by atoms with E-state index in [1.807, 2.05) is 73.7 Å². The van der Waals surface area contributed by atoms with Crippen molar-refractivity contribution >= 4 is 23.2 Å². The molecule has 5 heteroatoms. The van der Waals surface area contributed by atoms with E-state index in [4.69, 9.17) is 4.74 Å². The monoisotopic (exact) mass is 386 g/mol. The second kappa shape index (κ2) is 7.80. The molecule has 0 saturated heterocycles. The summed E-state index contributed by atoms with van der Waals surface area (Å²) in [6, 6.07) is 24.1. The Bertz CT molecular complexity index is 1040. The van der Waals surface area contributed by atoms with Crippen molar-refractivity contribution in [2.24, 2.45) is 5.41 Å². The molecule has 1 aliphatic rings. The molecule has 0 aromatic heterocycles. The van der Waals surface area contributed by atoms with Crippen LogP contribution in [-0.4, -0.2) is 11.8 Å². The van der Waals surface area contributed by atoms with Gasteiger partial charge in [-0.25, -0.2) is 0 Å². The Kier molecular flexibility index (Phi) is 5.04. The summed E-state index contributed by atoms with van der Waals surface area (Å²) < 4.78 is 5.90. The first-order valence-corrected chi connectivity index (χ1v) is 9.59. The summed E-state index contributed by atoms with van der Waals surface area (Å²) in [5, 5.41) is 5.79. The van der Waals surface area contributed by atoms with Crippen molar-refractivity contribution in [2.75, 3.05) is 10.6 Å². The molecule has 0 heterocycles. The number of benzene rings is 3. The molecule has 2 amide bonds. The van der Waals surface area contributed by atoms with Crippen molar-refractivity contribution in [3.8, 4) is 11.5 Å². The fraction of sp³-hybridized carbons (Fsp3) is 0.167. The lowest BCUT2D eigenvalue weighted by Crippen LogP contribution is -2.35. The van der Waals surface area contributed by atoms with Crippen LogP contribution >= 0.6 is 0 Å². The number of ether oxygens (including phenoxy) is 1. The van der Waals surface area contributed by atoms with Crippen molar-refractivity contribution in [2.45, 2.75) is 19.8 Å². The van der Waals surface area contributed by atoms with Crippen LogP contribution in [0, 0.1) is 12.3 Å². The number of amides is 2. The summed E-state index contributed by atoms with van der Waals surface area (Å²) in [7, 11) is 0. The highest BCUT2D eigenvalue weighted by Gasteiger charge is 2.56. The Morgan fingerprint density at radius 1 is 0.759 bits per heavy atom. The van der Waals surface area contributed by atoms with Gasteiger partial charge in [-0.1, -0.05) is 48.5 Å². The van der Waals surface area contributed by atoms with Crippen LogP contribution in [0.1, 0.15) is 18.4 Å². The summed E-state index contributed by atoms with van der Waals surface area (Å²) in [5.41, 5.74) is 1.18. The molecule has 1 saturated carbocycles. The van der Waals surface area contributed by atoms with E-state index >= 15 is 0 Å². The molecule has 29 heavy (non-hydrogen) atoms. The molecule has 4 rings (SSSR count). The molecular formula is C24H22N2O3. The predicted octanol–water partition coefficient (Wildman–Crippen LogP) is 5.14. The van der Waals surface area contributed by atoms with E-state index in [9.17, 15) is 9.59 Å². The van der Waals surface area contributed by atoms with Gasteiger partial charge in [-0.05, 0) is 55.7 Å². The number of aryl methyl sites for hydroxylation is 1. The van der Waals surface area contributed by atoms with Gasteiger partial charge in [0.15, 0.2) is 5.75 Å². The summed E-state index contributed by atoms with van der Waals surface area (Å²) in [5.74, 6) is 0.619. The minimum Gasteiger partial charge on any atom is -0.455 e. The molecule has 1 fully saturated rings. The number of carbonyl (C=O) groups excluding carboxylic acids is 2. The lowest BCUT2D eigenvalue weighted by Gasteiger charge is -2.18. The maximum atomic E-state index is 13.0. The highest BCUT2D eigenvalue weighted by Crippen LogP contribution is 2.48. The molecule has 2 N–H and O–H groups in total. The van der Waals surface area contributed by atoms with Crippen LogP contribution < -0.4 is 15.4 Å². The summed E-state index contributed by atoms with van der Waals surface area (Å²) in [6.45, 7) is 1.92. The Morgan fingerprint density at radius 3 is 1.97 bits per heavy atom. The topological polar surface area (TPSA) is 67.4 Å². The van der Waals surface area contributed by atoms with Crippen molar-refractivity contribution in [3.05, 3.63) is 84.4 Å². The first-order chi connectivity index (χ1) is 14.1. The van der Waals surface area contributed by atoms with Gasteiger partial charge in [0.2, 0.25) is 11.8 Å². The van der Waals surface area contributed by atoms with Gasteiger partial charge < -0.3 is 15.4 Å². The van der Waals surface area contributed by atoms with Crippen LogP contribution in [0.5, 0.6) is 11.5 Å². The van der Waals surface area contributed by atoms with Crippen LogP contribution in [0.4, 0.5) is 11.4 Å². The van der Waals surface area contributed by atoms with Crippen LogP contribution in [0.2, 0.25) is 0 Å². The quantitative estimate of drug-likeness (QED) is 0.576. The van der Waals surface area contributed by atoms with E-state index in [1.165, 1.54) is 0 Å². The molecule has 0 aliphatic heterocycles. The molecule has 3 aromatic carbocycles. The maximum absolute atomic E-state index is 13.0. The average molecular weight is 386 g/mol. The Morgan fingerprint density at radius 2 is 1.31 bits per heavy atom. The standard InChI is InChI=1S/C24H22N2O3/c1-17-9-5-6-12-19(17)25-22(27)24(15-16-24)23(28)26-20-13-7-8-14-21(20)29-18-10-3-2-4-11-18/h2-14H,15-16H2,1H3,(H,25,27)(H,26,28). The van der Waals surface area contributed by atoms with Crippen LogP contribution in [0.25, 0.3) is 0 Å². The molecular weight excluding hydrogens is 364 g/mol. The summed E-state index contributed by atoms with van der Waals surface area (Å²) >= 11 is 0. The van der Waals surface area contributed by atoms with E-state index in [0.29, 0.717) is 30.0 Å². The molecule has 0 bridgehead atoms. The molecule has 5 nitrogen and oxygen atoms in total. The van der Waals surface area contributed by atoms with Crippen LogP contribution in [0.15, 0.2) is 78.9 Å². The number of nitrogens with one attached hydrogen (secondary N) is 2. The lowest BCUT2D eigenvalue weighted by molar-refractivity contribution is -0.131. The third kappa shape index (κ3) is 3.99. The number of hydrogen-bond acceptors (Lipinski definition) is 3. The second-order valence-electron chi connectivity index (χ2n) is 7.22. The predicted molar refractivity (Wildman–Crippen MR) is 113 cm³/mol. The normalized spacial score (nSPS) is 14.0. The molecule has 0 atom stereocenters. The minimum atomic E-state index is -1.04. The zero-order valence-electron chi connectivity index (χ0n) is 16.1. The Balaban J connectivity index is 1.49. The van der Waals surface area contributed by atoms with Crippen molar-refractivity contribution in [1.82, 2.24) is 0 Å². The molecule has 0 unspecified atom stereocenters. The van der Waals surface area contributed by atoms with Gasteiger partial charge in [0.05, 0.1) is 5.69 Å². The van der Waals surface area contributed by atoms with Gasteiger partial charge in [0, 0.05) is 5.69 Å². The molecule has 1 aliphatic carbocycles. The minimum absolute atomic E-state index is 0.272. The van der Waals surface area contributed by atoms with Crippen molar-refractivity contribution in [3.63, 3.8) is 0 Å². The molecule has 0 spiro atoms. The van der Waals surface area contributed by atoms with E-state index in [2.05, 4.69) is 10.6 Å². The largest absolute Gasteiger partial charge is 0.455 e. The van der Waals surface area contributed by atoms with E-state index in [0.717, 1.165) is 11.3 Å². The van der Waals surface area contributed by atoms with Gasteiger partial charge in [-0.3, -0.25) is 9.59 Å². The van der Waals surface area contributed by atoms with E-state index < -0.39 is 5.41 Å². The van der Waals surface area contributed by atoms with Crippen LogP contribution in [0.3, 0.4) is 0 Å². The SMILES string of the molecule is Cc1ccccc1NC(=O)C1(C(=O)Nc2ccccc2Oc2ccccc2)CC1. The zero-order valence-corrected chi connectivity index (χ0v) is 16.1. The smallest absolute Gasteiger partial charge is 0.240 e. The first-order valence-electron chi connectivity index (χ1n) is 9.59. The fourth-order valence-corrected chi connectivity index (χ4v) is 3.15. The van der Waals surface area contributed by atoms with Gasteiger partial charge in [0.1, 0.15) is 11.2 Å². The van der Waals surface area contributed by atoms with Crippen molar-refractivity contribution in [1.29, 1.82) is 0 Å². The lowest BCUT2D eigenvalue weighted by atomic mass is 10.0. The third-order valence-electron chi connectivity index (χ3n) is 5.12. The molecule has 3 aromatic rings. The Labute approximate surface area is 169 Å². The number of para-hydroxylation sites is 4. The fourth-order valence-electron chi connectivity index (χ4n) is 3.15. The van der Waals surface area contributed by atoms with E-state index in [1.54, 1.807) is 12.1 Å². The summed E-state index contributed by atoms with van der Waals surface area (Å²) in [4.78, 5) is 25.8. The number of rotatable bonds is 6. The van der Waals surface area contributed by atoms with Gasteiger partial charge in [-0.15, -0.1) is 0 Å². The number of carbonyl (C=O) groups is 2. The zero-order chi connectivity index (χ0) is 20.3. The number of hydrogen-bond donors (Lipinski definition) is 2. The third-order valence-corrected chi connectivity index (χ3v) is 5.12. The van der Waals surface area contributed by atoms with Gasteiger partial charge in [-0.2, -0.15) is 0 Å². The summed E-state index contributed by atoms with van der Waals surface area (Å²) in [6.07, 6.45) is 1.05.